The monoisotopic (exact) mass is 1110 g/mol. The first kappa shape index (κ1) is 56.2. The summed E-state index contributed by atoms with van der Waals surface area (Å²) in [6.45, 7) is -2.03. The van der Waals surface area contributed by atoms with E-state index in [9.17, 15) is 78.3 Å². The van der Waals surface area contributed by atoms with Crippen molar-refractivity contribution >= 4 is 74.8 Å². The highest BCUT2D eigenvalue weighted by atomic mass is 31.3. The Labute approximate surface area is 408 Å². The summed E-state index contributed by atoms with van der Waals surface area (Å²) in [5.41, 5.74) is 15.3. The number of nitrogen functional groups attached to an aromatic ring is 3. The van der Waals surface area contributed by atoms with E-state index in [2.05, 4.69) is 48.0 Å². The second-order valence-corrected chi connectivity index (χ2v) is 20.1. The molecule has 5 unspecified atom stereocenters. The number of aromatic amines is 1. The summed E-state index contributed by atoms with van der Waals surface area (Å²) in [6.07, 6.45) is -12.0. The van der Waals surface area contributed by atoms with E-state index >= 15 is 0 Å². The van der Waals surface area contributed by atoms with Gasteiger partial charge in [0.2, 0.25) is 17.8 Å². The smallest absolute Gasteiger partial charge is 0.282 e. The highest BCUT2D eigenvalue weighted by molar-refractivity contribution is 7.64. The lowest BCUT2D eigenvalue weighted by Gasteiger charge is -2.37. The second kappa shape index (κ2) is 21.2. The lowest BCUT2D eigenvalue weighted by atomic mass is 10.1. The minimum Gasteiger partial charge on any atom is -0.790 e. The van der Waals surface area contributed by atoms with Crippen LogP contribution < -0.4 is 53.5 Å². The van der Waals surface area contributed by atoms with Crippen molar-refractivity contribution in [2.75, 3.05) is 37.0 Å². The number of H-pyrrole nitrogens is 1. The number of imidazole rings is 3. The van der Waals surface area contributed by atoms with Crippen LogP contribution in [0.2, 0.25) is 0 Å². The summed E-state index contributed by atoms with van der Waals surface area (Å²) in [6, 6.07) is 0. The molecule has 9 heterocycles. The molecular weight excluding hydrogens is 1070 g/mol. The molecule has 3 aliphatic heterocycles. The van der Waals surface area contributed by atoms with Crippen molar-refractivity contribution in [2.45, 2.75) is 73.6 Å². The minimum absolute atomic E-state index is 0.0130. The molecule has 9 rings (SSSR count). The van der Waals surface area contributed by atoms with Crippen molar-refractivity contribution in [2.24, 2.45) is 14.1 Å². The van der Waals surface area contributed by atoms with Gasteiger partial charge in [-0.25, -0.2) is 19.3 Å². The fourth-order valence-corrected chi connectivity index (χ4v) is 10.3. The Morgan fingerprint density at radius 3 is 1.36 bits per heavy atom. The number of hydrogen-bond donors (Lipinski definition) is 12. The Hall–Kier alpha value is -5.58. The zero-order valence-corrected chi connectivity index (χ0v) is 40.1. The van der Waals surface area contributed by atoms with Gasteiger partial charge in [-0.05, 0) is 0 Å². The van der Waals surface area contributed by atoms with Crippen LogP contribution in [-0.4, -0.2) is 173 Å². The summed E-state index contributed by atoms with van der Waals surface area (Å²) in [7, 11) is -15.4. The molecule has 0 aliphatic carbocycles. The highest BCUT2D eigenvalue weighted by Gasteiger charge is 2.47. The maximum absolute atomic E-state index is 12.2. The van der Waals surface area contributed by atoms with Gasteiger partial charge in [-0.3, -0.25) is 55.6 Å². The molecule has 74 heavy (non-hydrogen) atoms. The van der Waals surface area contributed by atoms with Gasteiger partial charge in [0.05, 0.1) is 46.6 Å². The fourth-order valence-electron chi connectivity index (χ4n) is 7.39. The average molecular weight is 1110 g/mol. The SMILES string of the molecule is Cn1c(N)nc2c(ncn2[C@@H]2O[C@H](CO)[C@H](O)C2O)c1=O.Cn1c(N)nc2c(ncn2[C@@H]2O[C@H](COP(=O)([O-])OP(=O)([O-])OP(=O)([O-])[O-])[C@H](O)C2O)c1=O.Nc1nc2c(ncn2[C@@H]2O[C@H](CO)[C@H](O)C2O)c(=O)[nH]1. The summed E-state index contributed by atoms with van der Waals surface area (Å²) in [5, 5.41) is 78.0. The van der Waals surface area contributed by atoms with Crippen LogP contribution in [0.5, 0.6) is 0 Å². The normalized spacial score (nSPS) is 28.7. The van der Waals surface area contributed by atoms with Gasteiger partial charge < -0.3 is 101 Å². The average Bonchev–Trinajstić information content (AvgIpc) is 4.17. The van der Waals surface area contributed by atoms with Crippen LogP contribution in [0.15, 0.2) is 33.4 Å². The van der Waals surface area contributed by atoms with E-state index in [0.29, 0.717) is 0 Å². The topological polar surface area (TPSA) is 608 Å². The second-order valence-electron chi connectivity index (χ2n) is 15.9. The molecule has 0 amide bonds. The largest absolute Gasteiger partial charge is 0.790 e. The van der Waals surface area contributed by atoms with Gasteiger partial charge in [0, 0.05) is 14.1 Å². The number of nitrogens with one attached hydrogen (secondary N) is 1. The van der Waals surface area contributed by atoms with Crippen molar-refractivity contribution in [3.05, 3.63) is 50.0 Å². The van der Waals surface area contributed by atoms with Gasteiger partial charge in [0.1, 0.15) is 54.9 Å². The van der Waals surface area contributed by atoms with Crippen LogP contribution in [-0.2, 0) is 55.1 Å². The molecule has 42 heteroatoms. The van der Waals surface area contributed by atoms with Gasteiger partial charge in [-0.2, -0.15) is 15.0 Å². The predicted molar refractivity (Wildman–Crippen MR) is 230 cm³/mol. The lowest BCUT2D eigenvalue weighted by Crippen LogP contribution is -2.34. The molecule has 14 atom stereocenters. The number of rotatable bonds is 12. The molecule has 0 spiro atoms. The quantitative estimate of drug-likeness (QED) is 0.0506. The Kier molecular flexibility index (Phi) is 16.1. The van der Waals surface area contributed by atoms with Crippen LogP contribution in [0.25, 0.3) is 33.5 Å². The number of aliphatic hydroxyl groups excluding tert-OH is 8. The number of aromatic nitrogens is 12. The van der Waals surface area contributed by atoms with Crippen LogP contribution in [0.1, 0.15) is 18.7 Å². The number of nitrogens with zero attached hydrogens (tertiary/aromatic N) is 11. The van der Waals surface area contributed by atoms with Gasteiger partial charge in [-0.1, -0.05) is 0 Å². The summed E-state index contributed by atoms with van der Waals surface area (Å²) in [4.78, 5) is 105. The van der Waals surface area contributed by atoms with E-state index in [0.717, 1.165) is 20.0 Å². The number of phosphoric ester groups is 1. The molecule has 3 saturated heterocycles. The van der Waals surface area contributed by atoms with E-state index in [1.807, 2.05) is 0 Å². The third-order valence-electron chi connectivity index (χ3n) is 11.1. The highest BCUT2D eigenvalue weighted by Crippen LogP contribution is 2.60. The van der Waals surface area contributed by atoms with Gasteiger partial charge >= 0.3 is 0 Å². The molecule has 0 saturated carbocycles. The van der Waals surface area contributed by atoms with Crippen LogP contribution in [0, 0.1) is 0 Å². The maximum Gasteiger partial charge on any atom is 0.282 e. The molecule has 15 N–H and O–H groups in total. The zero-order chi connectivity index (χ0) is 54.7. The van der Waals surface area contributed by atoms with Crippen molar-refractivity contribution in [3.8, 4) is 0 Å². The van der Waals surface area contributed by atoms with Crippen LogP contribution >= 0.6 is 23.5 Å². The van der Waals surface area contributed by atoms with Crippen LogP contribution in [0.4, 0.5) is 17.8 Å². The first-order valence-corrected chi connectivity index (χ1v) is 25.0. The molecule has 39 nitrogen and oxygen atoms in total. The van der Waals surface area contributed by atoms with E-state index in [1.54, 1.807) is 0 Å². The Balaban J connectivity index is 0.000000170. The molecule has 3 aliphatic rings. The van der Waals surface area contributed by atoms with Gasteiger partial charge in [0.15, 0.2) is 52.2 Å². The Morgan fingerprint density at radius 1 is 0.595 bits per heavy atom. The first-order chi connectivity index (χ1) is 34.5. The molecule has 0 radical (unpaired) electrons. The molecule has 0 bridgehead atoms. The Morgan fingerprint density at radius 2 is 0.973 bits per heavy atom. The predicted octanol–water partition coefficient (Wildman–Crippen LogP) is -10.2. The van der Waals surface area contributed by atoms with E-state index < -0.39 is 134 Å². The third-order valence-corrected chi connectivity index (χ3v) is 14.8. The van der Waals surface area contributed by atoms with Crippen molar-refractivity contribution in [1.29, 1.82) is 0 Å². The number of aliphatic hydroxyl groups is 8. The lowest BCUT2D eigenvalue weighted by molar-refractivity contribution is -0.339. The molecule has 0 aromatic carbocycles. The molecule has 408 valence electrons. The number of phosphoric acid groups is 3. The summed E-state index contributed by atoms with van der Waals surface area (Å²) >= 11 is 0. The molecular formula is C32H42N15O24P3-4. The number of nitrogens with two attached hydrogens (primary N) is 3. The molecule has 6 aromatic heterocycles. The molecule has 3 fully saturated rings. The van der Waals surface area contributed by atoms with Crippen LogP contribution in [0.3, 0.4) is 0 Å². The third kappa shape index (κ3) is 11.2. The zero-order valence-electron chi connectivity index (χ0n) is 37.4. The van der Waals surface area contributed by atoms with E-state index in [4.69, 9.17) is 41.6 Å². The number of ether oxygens (including phenoxy) is 3. The standard InChI is InChI=1S/C11H18N5O14P3.C11H15N5O5.C10H13N5O5/c1-15-9(19)5-8(14-11(15)12)16(3-13-5)10-7(18)6(17)4(28-10)2-27-32(23,24)30-33(25,26)29-31(20,21)22;1-15-9(20)5-8(14-11(15)12)16(3-13-5)10-7(19)6(18)4(2-17)21-10;11-10-13-7-4(8(19)14-10)12-2-15(7)9-6(18)5(17)3(1-16)20-9/h3-4,6-7,10,17-18H,2H2,1H3,(H2,12,14)(H,23,24)(H,25,26)(H2,20,21,22);3-4,6-7,10,17-19H,2H2,1H3,(H2,12,14);2-3,5-6,9,16-18H,1H2,(H3,11,13,14,19)/p-4/t2*4-,6+,7?,10-;3-,5+,6?,9-/m111/s1. The molecule has 6 aromatic rings. The number of hydrogen-bond acceptors (Lipinski definition) is 33. The fraction of sp³-hybridized carbons (Fsp3) is 0.531. The minimum atomic E-state index is -6.17. The summed E-state index contributed by atoms with van der Waals surface area (Å²) in [5.74, 6) is -0.325. The number of anilines is 3. The van der Waals surface area contributed by atoms with E-state index in [-0.39, 0.29) is 51.3 Å². The van der Waals surface area contributed by atoms with Gasteiger partial charge in [-0.15, -0.1) is 0 Å². The first-order valence-electron chi connectivity index (χ1n) is 20.6. The van der Waals surface area contributed by atoms with Crippen molar-refractivity contribution in [3.63, 3.8) is 0 Å². The number of fused-ring (bicyclic) bond motifs is 3. The van der Waals surface area contributed by atoms with E-state index in [1.165, 1.54) is 35.9 Å². The van der Waals surface area contributed by atoms with Gasteiger partial charge in [0.25, 0.3) is 32.3 Å². The Bertz CT molecular complexity index is 3380. The summed E-state index contributed by atoms with van der Waals surface area (Å²) < 4.78 is 65.6. The van der Waals surface area contributed by atoms with Crippen molar-refractivity contribution in [1.82, 2.24) is 57.7 Å². The van der Waals surface area contributed by atoms with Crippen molar-refractivity contribution < 1.29 is 101 Å². The maximum atomic E-state index is 12.2.